The van der Waals surface area contributed by atoms with E-state index in [9.17, 15) is 22.8 Å². The maximum atomic E-state index is 13.8. The van der Waals surface area contributed by atoms with E-state index in [0.717, 1.165) is 24.0 Å². The largest absolute Gasteiger partial charge is 0.326 e. The summed E-state index contributed by atoms with van der Waals surface area (Å²) >= 11 is 0. The molecule has 7 heteroatoms. The maximum absolute atomic E-state index is 13.8. The summed E-state index contributed by atoms with van der Waals surface area (Å²) in [6.07, 6.45) is -0.132. The Labute approximate surface area is 136 Å². The van der Waals surface area contributed by atoms with Crippen molar-refractivity contribution in [3.05, 3.63) is 59.9 Å². The normalized spacial score (nSPS) is 10.3. The summed E-state index contributed by atoms with van der Waals surface area (Å²) in [5, 5.41) is 2.62. The van der Waals surface area contributed by atoms with E-state index in [0.29, 0.717) is 5.69 Å². The predicted octanol–water partition coefficient (Wildman–Crippen LogP) is 3.49. The molecule has 0 fully saturated rings. The molecule has 0 radical (unpaired) electrons. The number of carbonyl (C=O) groups is 2. The topological polar surface area (TPSA) is 49.4 Å². The van der Waals surface area contributed by atoms with Crippen molar-refractivity contribution < 1.29 is 22.8 Å². The van der Waals surface area contributed by atoms with Gasteiger partial charge >= 0.3 is 0 Å². The summed E-state index contributed by atoms with van der Waals surface area (Å²) < 4.78 is 40.2. The highest BCUT2D eigenvalue weighted by molar-refractivity contribution is 5.94. The first-order valence-corrected chi connectivity index (χ1v) is 7.16. The Bertz CT molecular complexity index is 751. The number of amides is 2. The molecule has 0 aromatic heterocycles. The molecule has 0 spiro atoms. The molecule has 2 rings (SSSR count). The molecule has 0 aliphatic heterocycles. The van der Waals surface area contributed by atoms with Gasteiger partial charge in [0.1, 0.15) is 0 Å². The van der Waals surface area contributed by atoms with Crippen LogP contribution in [0.4, 0.5) is 24.5 Å². The van der Waals surface area contributed by atoms with Crippen LogP contribution in [0.25, 0.3) is 0 Å². The van der Waals surface area contributed by atoms with Gasteiger partial charge in [0.15, 0.2) is 17.5 Å². The zero-order valence-corrected chi connectivity index (χ0v) is 12.9. The molecule has 4 nitrogen and oxygen atoms in total. The molecule has 0 atom stereocenters. The Morgan fingerprint density at radius 3 is 2.29 bits per heavy atom. The van der Waals surface area contributed by atoms with Crippen molar-refractivity contribution in [3.63, 3.8) is 0 Å². The fraction of sp³-hybridized carbons (Fsp3) is 0.176. The van der Waals surface area contributed by atoms with Crippen LogP contribution in [0.15, 0.2) is 42.5 Å². The first-order valence-electron chi connectivity index (χ1n) is 7.16. The first-order chi connectivity index (χ1) is 11.4. The molecule has 0 saturated heterocycles. The molecule has 126 valence electrons. The van der Waals surface area contributed by atoms with Crippen molar-refractivity contribution in [1.29, 1.82) is 0 Å². The fourth-order valence-corrected chi connectivity index (χ4v) is 2.13. The average molecular weight is 336 g/mol. The Morgan fingerprint density at radius 1 is 1.00 bits per heavy atom. The van der Waals surface area contributed by atoms with E-state index in [1.54, 1.807) is 30.3 Å². The van der Waals surface area contributed by atoms with Gasteiger partial charge in [-0.2, -0.15) is 0 Å². The van der Waals surface area contributed by atoms with Crippen molar-refractivity contribution in [2.24, 2.45) is 0 Å². The van der Waals surface area contributed by atoms with Crippen LogP contribution in [-0.4, -0.2) is 18.4 Å². The lowest BCUT2D eigenvalue weighted by molar-refractivity contribution is -0.117. The number of rotatable bonds is 5. The number of halogens is 3. The molecule has 0 unspecified atom stereocenters. The van der Waals surface area contributed by atoms with Crippen LogP contribution in [0.2, 0.25) is 0 Å². The third-order valence-electron chi connectivity index (χ3n) is 3.31. The van der Waals surface area contributed by atoms with E-state index in [2.05, 4.69) is 5.32 Å². The van der Waals surface area contributed by atoms with E-state index >= 15 is 0 Å². The van der Waals surface area contributed by atoms with Crippen molar-refractivity contribution in [1.82, 2.24) is 0 Å². The van der Waals surface area contributed by atoms with Crippen LogP contribution in [0.5, 0.6) is 0 Å². The van der Waals surface area contributed by atoms with Crippen molar-refractivity contribution >= 4 is 23.2 Å². The lowest BCUT2D eigenvalue weighted by Gasteiger charge is -2.21. The zero-order valence-electron chi connectivity index (χ0n) is 12.9. The molecule has 0 saturated carbocycles. The summed E-state index contributed by atoms with van der Waals surface area (Å²) in [5.41, 5.74) is 0.171. The Kier molecular flexibility index (Phi) is 5.57. The molecule has 0 heterocycles. The third kappa shape index (κ3) is 4.13. The van der Waals surface area contributed by atoms with Gasteiger partial charge < -0.3 is 10.2 Å². The molecule has 2 aromatic rings. The Balaban J connectivity index is 2.08. The Morgan fingerprint density at radius 2 is 1.67 bits per heavy atom. The van der Waals surface area contributed by atoms with Gasteiger partial charge in [0.2, 0.25) is 11.8 Å². The lowest BCUT2D eigenvalue weighted by Crippen LogP contribution is -2.33. The van der Waals surface area contributed by atoms with Crippen molar-refractivity contribution in [2.75, 3.05) is 16.8 Å². The smallest absolute Gasteiger partial charge is 0.226 e. The molecule has 0 bridgehead atoms. The summed E-state index contributed by atoms with van der Waals surface area (Å²) in [6.45, 7) is 0.978. The Hall–Kier alpha value is -2.83. The lowest BCUT2D eigenvalue weighted by atomic mass is 10.2. The van der Waals surface area contributed by atoms with Gasteiger partial charge in [0.05, 0.1) is 5.69 Å². The van der Waals surface area contributed by atoms with Crippen LogP contribution < -0.4 is 10.2 Å². The fourth-order valence-electron chi connectivity index (χ4n) is 2.13. The minimum absolute atomic E-state index is 0.132. The molecule has 1 N–H and O–H groups in total. The number of carbonyl (C=O) groups excluding carboxylic acids is 2. The second kappa shape index (κ2) is 7.63. The zero-order chi connectivity index (χ0) is 17.7. The summed E-state index contributed by atoms with van der Waals surface area (Å²) in [5.74, 6) is -5.45. The van der Waals surface area contributed by atoms with Crippen LogP contribution in [0.3, 0.4) is 0 Å². The molecule has 2 aromatic carbocycles. The summed E-state index contributed by atoms with van der Waals surface area (Å²) in [7, 11) is 0. The van der Waals surface area contributed by atoms with Crippen LogP contribution in [0, 0.1) is 17.5 Å². The molecular formula is C17H15F3N2O2. The quantitative estimate of drug-likeness (QED) is 0.850. The monoisotopic (exact) mass is 336 g/mol. The molecular weight excluding hydrogens is 321 g/mol. The highest BCUT2D eigenvalue weighted by Gasteiger charge is 2.21. The highest BCUT2D eigenvalue weighted by atomic mass is 19.2. The minimum Gasteiger partial charge on any atom is -0.326 e. The van der Waals surface area contributed by atoms with Crippen LogP contribution in [0.1, 0.15) is 13.3 Å². The van der Waals surface area contributed by atoms with E-state index < -0.39 is 35.0 Å². The van der Waals surface area contributed by atoms with Crippen molar-refractivity contribution in [3.8, 4) is 0 Å². The van der Waals surface area contributed by atoms with Gasteiger partial charge in [-0.1, -0.05) is 18.2 Å². The number of nitrogens with zero attached hydrogens (tertiary/aromatic N) is 1. The second-order valence-electron chi connectivity index (χ2n) is 5.03. The number of benzene rings is 2. The number of anilines is 2. The molecule has 2 amide bonds. The SMILES string of the molecule is CC(=O)N(CCC(=O)Nc1ccccc1)c1ccc(F)c(F)c1F. The second-order valence-corrected chi connectivity index (χ2v) is 5.03. The number of para-hydroxylation sites is 1. The van der Waals surface area contributed by atoms with Gasteiger partial charge in [0, 0.05) is 25.6 Å². The van der Waals surface area contributed by atoms with E-state index in [4.69, 9.17) is 0 Å². The van der Waals surface area contributed by atoms with E-state index in [1.165, 1.54) is 0 Å². The van der Waals surface area contributed by atoms with E-state index in [1.807, 2.05) is 0 Å². The van der Waals surface area contributed by atoms with Crippen molar-refractivity contribution in [2.45, 2.75) is 13.3 Å². The maximum Gasteiger partial charge on any atom is 0.226 e. The molecule has 0 aliphatic carbocycles. The predicted molar refractivity (Wildman–Crippen MR) is 84.0 cm³/mol. The number of nitrogens with one attached hydrogen (secondary N) is 1. The van der Waals surface area contributed by atoms with Gasteiger partial charge in [-0.25, -0.2) is 13.2 Å². The van der Waals surface area contributed by atoms with Gasteiger partial charge in [0.25, 0.3) is 0 Å². The first kappa shape index (κ1) is 17.5. The number of hydrogen-bond acceptors (Lipinski definition) is 2. The van der Waals surface area contributed by atoms with Crippen LogP contribution in [-0.2, 0) is 9.59 Å². The average Bonchev–Trinajstić information content (AvgIpc) is 2.55. The van der Waals surface area contributed by atoms with Gasteiger partial charge in [-0.05, 0) is 24.3 Å². The molecule has 24 heavy (non-hydrogen) atoms. The molecule has 0 aliphatic rings. The van der Waals surface area contributed by atoms with Gasteiger partial charge in [-0.3, -0.25) is 9.59 Å². The van der Waals surface area contributed by atoms with Crippen LogP contribution >= 0.6 is 0 Å². The summed E-state index contributed by atoms with van der Waals surface area (Å²) in [4.78, 5) is 24.5. The minimum atomic E-state index is -1.66. The summed E-state index contributed by atoms with van der Waals surface area (Å²) in [6, 6.07) is 10.4. The van der Waals surface area contributed by atoms with Gasteiger partial charge in [-0.15, -0.1) is 0 Å². The highest BCUT2D eigenvalue weighted by Crippen LogP contribution is 2.24. The standard InChI is InChI=1S/C17H15F3N2O2/c1-11(23)22(14-8-7-13(18)16(19)17(14)20)10-9-15(24)21-12-5-3-2-4-6-12/h2-8H,9-10H2,1H3,(H,21,24). The van der Waals surface area contributed by atoms with E-state index in [-0.39, 0.29) is 13.0 Å². The third-order valence-corrected chi connectivity index (χ3v) is 3.31. The number of hydrogen-bond donors (Lipinski definition) is 1.